The number of aromatic nitrogens is 1. The Bertz CT molecular complexity index is 532. The molecule has 0 aromatic carbocycles. The molecule has 0 atom stereocenters. The van der Waals surface area contributed by atoms with Gasteiger partial charge in [-0.1, -0.05) is 25.1 Å². The third kappa shape index (κ3) is 3.12. The second-order valence-electron chi connectivity index (χ2n) is 4.16. The van der Waals surface area contributed by atoms with Crippen LogP contribution >= 0.6 is 0 Å². The lowest BCUT2D eigenvalue weighted by Gasteiger charge is -2.31. The van der Waals surface area contributed by atoms with Crippen LogP contribution in [0.3, 0.4) is 0 Å². The largest absolute Gasteiger partial charge is 0.409 e. The molecule has 1 rings (SSSR count). The highest BCUT2D eigenvalue weighted by Gasteiger charge is 2.33. The summed E-state index contributed by atoms with van der Waals surface area (Å²) in [7, 11) is 0. The average Bonchev–Trinajstić information content (AvgIpc) is 2.43. The van der Waals surface area contributed by atoms with E-state index < -0.39 is 11.4 Å². The highest BCUT2D eigenvalue weighted by molar-refractivity contribution is 5.99. The molecular weight excluding hydrogens is 248 g/mol. The Morgan fingerprint density at radius 1 is 1.47 bits per heavy atom. The first-order chi connectivity index (χ1) is 8.99. The minimum atomic E-state index is -0.932. The van der Waals surface area contributed by atoms with E-state index in [1.165, 1.54) is 18.2 Å². The van der Waals surface area contributed by atoms with Crippen molar-refractivity contribution in [2.24, 2.45) is 10.9 Å². The van der Waals surface area contributed by atoms with Gasteiger partial charge in [0.05, 0.1) is 0 Å². The average molecular weight is 266 g/mol. The number of amidine groups is 1. The van der Waals surface area contributed by atoms with Crippen LogP contribution in [0.1, 0.15) is 37.2 Å². The normalized spacial score (nSPS) is 12.2. The van der Waals surface area contributed by atoms with Crippen molar-refractivity contribution in [3.8, 4) is 0 Å². The molecule has 0 saturated carbocycles. The van der Waals surface area contributed by atoms with Crippen LogP contribution in [-0.4, -0.2) is 27.5 Å². The van der Waals surface area contributed by atoms with Gasteiger partial charge in [-0.05, 0) is 18.9 Å². The van der Waals surface area contributed by atoms with Crippen LogP contribution in [0.2, 0.25) is 0 Å². The lowest BCUT2D eigenvalue weighted by Crippen LogP contribution is -2.57. The van der Waals surface area contributed by atoms with Gasteiger partial charge in [0, 0.05) is 6.07 Å². The number of hydrogen-bond acceptors (Lipinski definition) is 4. The van der Waals surface area contributed by atoms with E-state index in [-0.39, 0.29) is 17.1 Å². The maximum atomic E-state index is 12.1. The number of amides is 1. The fourth-order valence-electron chi connectivity index (χ4n) is 1.81. The lowest BCUT2D eigenvalue weighted by atomic mass is 9.91. The van der Waals surface area contributed by atoms with Crippen LogP contribution in [0.25, 0.3) is 0 Å². The van der Waals surface area contributed by atoms with Crippen molar-refractivity contribution < 1.29 is 10.0 Å². The third-order valence-electron chi connectivity index (χ3n) is 3.17. The molecule has 7 nitrogen and oxygen atoms in total. The Kier molecular flexibility index (Phi) is 4.68. The zero-order valence-corrected chi connectivity index (χ0v) is 10.9. The molecular formula is C12H18N4O3. The molecule has 7 heteroatoms. The van der Waals surface area contributed by atoms with Gasteiger partial charge in [-0.2, -0.15) is 0 Å². The number of nitrogens with two attached hydrogens (primary N) is 1. The fourth-order valence-corrected chi connectivity index (χ4v) is 1.81. The summed E-state index contributed by atoms with van der Waals surface area (Å²) in [6.07, 6.45) is 0.921. The van der Waals surface area contributed by atoms with Crippen molar-refractivity contribution >= 4 is 11.7 Å². The van der Waals surface area contributed by atoms with E-state index in [0.29, 0.717) is 12.8 Å². The molecule has 0 aliphatic rings. The van der Waals surface area contributed by atoms with Gasteiger partial charge in [-0.3, -0.25) is 9.59 Å². The molecule has 1 amide bonds. The number of carbonyl (C=O) groups excluding carboxylic acids is 1. The Hall–Kier alpha value is -2.31. The van der Waals surface area contributed by atoms with Gasteiger partial charge >= 0.3 is 0 Å². The number of H-pyrrole nitrogens is 1. The quantitative estimate of drug-likeness (QED) is 0.267. The van der Waals surface area contributed by atoms with Crippen molar-refractivity contribution in [3.63, 3.8) is 0 Å². The van der Waals surface area contributed by atoms with Gasteiger partial charge in [0.1, 0.15) is 11.2 Å². The number of nitrogens with one attached hydrogen (secondary N) is 2. The molecule has 0 fully saturated rings. The highest BCUT2D eigenvalue weighted by atomic mass is 16.4. The summed E-state index contributed by atoms with van der Waals surface area (Å²) in [5.74, 6) is -0.544. The van der Waals surface area contributed by atoms with Crippen molar-refractivity contribution in [1.29, 1.82) is 0 Å². The first-order valence-corrected chi connectivity index (χ1v) is 5.99. The van der Waals surface area contributed by atoms with E-state index in [1.54, 1.807) is 0 Å². The van der Waals surface area contributed by atoms with Crippen molar-refractivity contribution in [2.75, 3.05) is 0 Å². The van der Waals surface area contributed by atoms with Gasteiger partial charge in [0.2, 0.25) is 5.56 Å². The number of oxime groups is 1. The van der Waals surface area contributed by atoms with E-state index in [1.807, 2.05) is 13.8 Å². The minimum Gasteiger partial charge on any atom is -0.409 e. The third-order valence-corrected chi connectivity index (χ3v) is 3.17. The SMILES string of the molecule is CCC(CC)(NC(=O)c1cccc(=O)[nH]1)/C(N)=N/O. The molecule has 0 spiro atoms. The number of aromatic amines is 1. The van der Waals surface area contributed by atoms with E-state index in [9.17, 15) is 9.59 Å². The topological polar surface area (TPSA) is 121 Å². The van der Waals surface area contributed by atoms with Gasteiger partial charge in [0.25, 0.3) is 5.91 Å². The van der Waals surface area contributed by atoms with Crippen molar-refractivity contribution in [2.45, 2.75) is 32.2 Å². The number of hydrogen-bond donors (Lipinski definition) is 4. The fraction of sp³-hybridized carbons (Fsp3) is 0.417. The molecule has 1 heterocycles. The van der Waals surface area contributed by atoms with Crippen LogP contribution in [0, 0.1) is 0 Å². The summed E-state index contributed by atoms with van der Waals surface area (Å²) < 4.78 is 0. The van der Waals surface area contributed by atoms with Gasteiger partial charge in [0.15, 0.2) is 5.84 Å². The maximum Gasteiger partial charge on any atom is 0.268 e. The smallest absolute Gasteiger partial charge is 0.268 e. The maximum absolute atomic E-state index is 12.1. The molecule has 0 bridgehead atoms. The molecule has 104 valence electrons. The number of nitrogens with zero attached hydrogens (tertiary/aromatic N) is 1. The van der Waals surface area contributed by atoms with E-state index >= 15 is 0 Å². The molecule has 1 aromatic heterocycles. The van der Waals surface area contributed by atoms with Crippen LogP contribution in [-0.2, 0) is 0 Å². The van der Waals surface area contributed by atoms with Crippen LogP contribution < -0.4 is 16.6 Å². The number of pyridine rings is 1. The van der Waals surface area contributed by atoms with Crippen molar-refractivity contribution in [3.05, 3.63) is 34.2 Å². The minimum absolute atomic E-state index is 0.0656. The van der Waals surface area contributed by atoms with Crippen LogP contribution in [0.15, 0.2) is 28.1 Å². The predicted molar refractivity (Wildman–Crippen MR) is 71.3 cm³/mol. The Labute approximate surface area is 110 Å². The summed E-state index contributed by atoms with van der Waals surface area (Å²) in [5, 5.41) is 14.5. The Morgan fingerprint density at radius 3 is 2.58 bits per heavy atom. The second kappa shape index (κ2) is 6.03. The number of rotatable bonds is 5. The molecule has 0 saturated heterocycles. The number of carbonyl (C=O) groups is 1. The molecule has 0 aliphatic heterocycles. The van der Waals surface area contributed by atoms with Gasteiger partial charge in [-0.25, -0.2) is 0 Å². The van der Waals surface area contributed by atoms with Crippen LogP contribution in [0.4, 0.5) is 0 Å². The van der Waals surface area contributed by atoms with Crippen molar-refractivity contribution in [1.82, 2.24) is 10.3 Å². The summed E-state index contributed by atoms with van der Waals surface area (Å²) in [5.41, 5.74) is 4.47. The zero-order chi connectivity index (χ0) is 14.5. The van der Waals surface area contributed by atoms with E-state index in [4.69, 9.17) is 10.9 Å². The zero-order valence-electron chi connectivity index (χ0n) is 10.9. The predicted octanol–water partition coefficient (Wildman–Crippen LogP) is 0.410. The molecule has 5 N–H and O–H groups in total. The second-order valence-corrected chi connectivity index (χ2v) is 4.16. The Morgan fingerprint density at radius 2 is 2.11 bits per heavy atom. The first-order valence-electron chi connectivity index (χ1n) is 5.99. The molecule has 0 unspecified atom stereocenters. The molecule has 19 heavy (non-hydrogen) atoms. The monoisotopic (exact) mass is 266 g/mol. The molecule has 1 aromatic rings. The molecule has 0 aliphatic carbocycles. The van der Waals surface area contributed by atoms with E-state index in [0.717, 1.165) is 0 Å². The standard InChI is InChI=1S/C12H18N4O3/c1-3-12(4-2,11(13)16-19)15-10(18)8-6-5-7-9(17)14-8/h5-7,19H,3-4H2,1-2H3,(H2,13,16)(H,14,17)(H,15,18). The van der Waals surface area contributed by atoms with Gasteiger partial charge in [-0.15, -0.1) is 0 Å². The summed E-state index contributed by atoms with van der Waals surface area (Å²) >= 11 is 0. The van der Waals surface area contributed by atoms with E-state index in [2.05, 4.69) is 15.5 Å². The highest BCUT2D eigenvalue weighted by Crippen LogP contribution is 2.16. The molecule has 0 radical (unpaired) electrons. The van der Waals surface area contributed by atoms with Crippen LogP contribution in [0.5, 0.6) is 0 Å². The van der Waals surface area contributed by atoms with Gasteiger partial charge < -0.3 is 21.2 Å². The first kappa shape index (κ1) is 14.7. The summed E-state index contributed by atoms with van der Waals surface area (Å²) in [6, 6.07) is 4.28. The summed E-state index contributed by atoms with van der Waals surface area (Å²) in [4.78, 5) is 25.7. The lowest BCUT2D eigenvalue weighted by molar-refractivity contribution is 0.0912. The summed E-state index contributed by atoms with van der Waals surface area (Å²) in [6.45, 7) is 3.63. The Balaban J connectivity index is 3.04.